The molecule has 0 heterocycles. The minimum absolute atomic E-state index is 0. The first-order valence-electron chi connectivity index (χ1n) is 5.98. The zero-order valence-electron chi connectivity index (χ0n) is 11.8. The normalized spacial score (nSPS) is 7.06. The Morgan fingerprint density at radius 3 is 0.529 bits per heavy atom. The third-order valence-electron chi connectivity index (χ3n) is 0.816. The van der Waals surface area contributed by atoms with Crippen LogP contribution in [0.4, 0.5) is 0 Å². The Labute approximate surface area is 139 Å². The standard InChI is InChI=1S/4C3H7O.Th/c4*1-2-3-4;/h4*2-3H2,1H3;/q4*-1;+4. The maximum atomic E-state index is 9.30. The summed E-state index contributed by atoms with van der Waals surface area (Å²) in [6.07, 6.45) is 3.06. The van der Waals surface area contributed by atoms with Crippen LogP contribution in [0.15, 0.2) is 0 Å². The fourth-order valence-corrected chi connectivity index (χ4v) is 0. The van der Waals surface area contributed by atoms with Crippen LogP contribution in [0.25, 0.3) is 0 Å². The monoisotopic (exact) mass is 468 g/mol. The van der Waals surface area contributed by atoms with E-state index in [1.807, 2.05) is 27.7 Å². The minimum atomic E-state index is 0. The van der Waals surface area contributed by atoms with Crippen molar-refractivity contribution in [3.8, 4) is 0 Å². The first-order valence-corrected chi connectivity index (χ1v) is 5.98. The summed E-state index contributed by atoms with van der Waals surface area (Å²) in [5.74, 6) is 0. The Kier molecular flexibility index (Phi) is 97.0. The van der Waals surface area contributed by atoms with E-state index in [1.165, 1.54) is 0 Å². The summed E-state index contributed by atoms with van der Waals surface area (Å²) < 4.78 is 0. The SMILES string of the molecule is CCC[O-].CCC[O-].CCC[O-].CCC[O-].[Th+4]. The van der Waals surface area contributed by atoms with Gasteiger partial charge >= 0.3 is 39.9 Å². The van der Waals surface area contributed by atoms with Gasteiger partial charge in [-0.15, -0.1) is 26.4 Å². The van der Waals surface area contributed by atoms with Gasteiger partial charge in [0.1, 0.15) is 0 Å². The summed E-state index contributed by atoms with van der Waals surface area (Å²) in [7, 11) is 0. The van der Waals surface area contributed by atoms with E-state index >= 15 is 0 Å². The van der Waals surface area contributed by atoms with Crippen LogP contribution in [0.1, 0.15) is 53.4 Å². The van der Waals surface area contributed by atoms with Crippen LogP contribution in [-0.4, -0.2) is 26.4 Å². The van der Waals surface area contributed by atoms with Crippen molar-refractivity contribution < 1.29 is 60.4 Å². The summed E-state index contributed by atoms with van der Waals surface area (Å²) in [6, 6.07) is 0. The van der Waals surface area contributed by atoms with E-state index in [1.54, 1.807) is 0 Å². The van der Waals surface area contributed by atoms with E-state index in [0.717, 1.165) is 25.7 Å². The van der Waals surface area contributed by atoms with E-state index in [0.29, 0.717) is 0 Å². The zero-order chi connectivity index (χ0) is 13.7. The van der Waals surface area contributed by atoms with E-state index < -0.39 is 0 Å². The first-order chi connectivity index (χ1) is 7.66. The Morgan fingerprint density at radius 2 is 0.529 bits per heavy atom. The molecular formula is C12H28O4Th. The van der Waals surface area contributed by atoms with Crippen LogP contribution in [0.5, 0.6) is 0 Å². The summed E-state index contributed by atoms with van der Waals surface area (Å²) in [6.45, 7) is 7.75. The van der Waals surface area contributed by atoms with Gasteiger partial charge < -0.3 is 20.4 Å². The van der Waals surface area contributed by atoms with E-state index in [4.69, 9.17) is 0 Å². The average molecular weight is 468 g/mol. The zero-order valence-corrected chi connectivity index (χ0v) is 15.9. The molecule has 0 aliphatic rings. The van der Waals surface area contributed by atoms with Gasteiger partial charge in [-0.3, -0.25) is 0 Å². The summed E-state index contributed by atoms with van der Waals surface area (Å²) in [5.41, 5.74) is 0. The molecule has 0 bridgehead atoms. The van der Waals surface area contributed by atoms with Crippen LogP contribution in [-0.2, 0) is 0 Å². The molecule has 0 atom stereocenters. The number of hydrogen-bond acceptors (Lipinski definition) is 4. The molecule has 0 radical (unpaired) electrons. The van der Waals surface area contributed by atoms with Crippen molar-refractivity contribution in [1.29, 1.82) is 0 Å². The second kappa shape index (κ2) is 53.4. The van der Waals surface area contributed by atoms with Crippen molar-refractivity contribution in [2.24, 2.45) is 0 Å². The molecule has 0 amide bonds. The second-order valence-electron chi connectivity index (χ2n) is 2.82. The van der Waals surface area contributed by atoms with E-state index in [9.17, 15) is 20.4 Å². The van der Waals surface area contributed by atoms with Gasteiger partial charge in [0.15, 0.2) is 0 Å². The molecule has 5 heteroatoms. The van der Waals surface area contributed by atoms with Gasteiger partial charge in [-0.25, -0.2) is 0 Å². The minimum Gasteiger partial charge on any atom is -0.854 e. The Balaban J connectivity index is -0.0000000369. The van der Waals surface area contributed by atoms with Crippen molar-refractivity contribution in [2.75, 3.05) is 26.4 Å². The molecule has 0 aliphatic heterocycles. The molecule has 0 spiro atoms. The van der Waals surface area contributed by atoms with Crippen molar-refractivity contribution >= 4 is 0 Å². The van der Waals surface area contributed by atoms with Crippen molar-refractivity contribution in [2.45, 2.75) is 53.4 Å². The molecule has 17 heavy (non-hydrogen) atoms. The van der Waals surface area contributed by atoms with Gasteiger partial charge in [-0.2, -0.15) is 0 Å². The van der Waals surface area contributed by atoms with Gasteiger partial charge in [0.25, 0.3) is 0 Å². The molecule has 0 saturated carbocycles. The van der Waals surface area contributed by atoms with Crippen LogP contribution in [0.2, 0.25) is 0 Å². The van der Waals surface area contributed by atoms with Crippen LogP contribution < -0.4 is 20.4 Å². The average Bonchev–Trinajstić information content (AvgIpc) is 2.39. The molecule has 0 N–H and O–H groups in total. The van der Waals surface area contributed by atoms with Gasteiger partial charge in [-0.05, 0) is 0 Å². The molecule has 0 saturated heterocycles. The predicted molar refractivity (Wildman–Crippen MR) is 60.6 cm³/mol. The fraction of sp³-hybridized carbons (Fsp3) is 1.00. The summed E-state index contributed by atoms with van der Waals surface area (Å²) in [5, 5.41) is 37.2. The Hall–Kier alpha value is 1.16. The van der Waals surface area contributed by atoms with Gasteiger partial charge in [-0.1, -0.05) is 53.4 Å². The molecule has 0 aromatic heterocycles. The predicted octanol–water partition coefficient (Wildman–Crippen LogP) is -0.973. The third kappa shape index (κ3) is 148. The molecule has 0 aliphatic carbocycles. The molecular weight excluding hydrogens is 440 g/mol. The molecule has 0 rings (SSSR count). The van der Waals surface area contributed by atoms with Crippen molar-refractivity contribution in [3.63, 3.8) is 0 Å². The fourth-order valence-electron chi connectivity index (χ4n) is 0. The quantitative estimate of drug-likeness (QED) is 0.531. The molecule has 0 aromatic rings. The number of hydrogen-bond donors (Lipinski definition) is 0. The van der Waals surface area contributed by atoms with Gasteiger partial charge in [0, 0.05) is 0 Å². The number of rotatable bonds is 4. The molecule has 0 fully saturated rings. The summed E-state index contributed by atoms with van der Waals surface area (Å²) >= 11 is 0. The Bertz CT molecular complexity index is 42.5. The molecule has 0 unspecified atom stereocenters. The molecule has 4 nitrogen and oxygen atoms in total. The maximum Gasteiger partial charge on any atom is 4.00 e. The molecule has 0 aromatic carbocycles. The topological polar surface area (TPSA) is 92.2 Å². The van der Waals surface area contributed by atoms with Crippen LogP contribution in [0, 0.1) is 39.9 Å². The van der Waals surface area contributed by atoms with E-state index in [-0.39, 0.29) is 66.4 Å². The Morgan fingerprint density at radius 1 is 0.471 bits per heavy atom. The van der Waals surface area contributed by atoms with Crippen LogP contribution in [0.3, 0.4) is 0 Å². The molecule has 104 valence electrons. The first kappa shape index (κ1) is 30.9. The second-order valence-corrected chi connectivity index (χ2v) is 2.82. The van der Waals surface area contributed by atoms with Gasteiger partial charge in [0.05, 0.1) is 0 Å². The van der Waals surface area contributed by atoms with Crippen molar-refractivity contribution in [3.05, 3.63) is 0 Å². The van der Waals surface area contributed by atoms with E-state index in [2.05, 4.69) is 0 Å². The van der Waals surface area contributed by atoms with Gasteiger partial charge in [0.2, 0.25) is 0 Å². The third-order valence-corrected chi connectivity index (χ3v) is 0.816. The maximum absolute atomic E-state index is 9.30. The van der Waals surface area contributed by atoms with Crippen LogP contribution >= 0.6 is 0 Å². The smallest absolute Gasteiger partial charge is 0.854 e. The largest absolute Gasteiger partial charge is 4.00 e. The van der Waals surface area contributed by atoms with Crippen molar-refractivity contribution in [1.82, 2.24) is 0 Å². The summed E-state index contributed by atoms with van der Waals surface area (Å²) in [4.78, 5) is 0.